The Hall–Kier alpha value is -2.31. The molecule has 1 aromatic heterocycles. The van der Waals surface area contributed by atoms with Gasteiger partial charge >= 0.3 is 0 Å². The summed E-state index contributed by atoms with van der Waals surface area (Å²) in [5.41, 5.74) is 1.42. The molecule has 3 heterocycles. The highest BCUT2D eigenvalue weighted by Crippen LogP contribution is 2.36. The van der Waals surface area contributed by atoms with Crippen molar-refractivity contribution in [3.05, 3.63) is 60.1 Å². The van der Waals surface area contributed by atoms with E-state index in [1.807, 2.05) is 12.1 Å². The summed E-state index contributed by atoms with van der Waals surface area (Å²) in [6, 6.07) is 16.6. The SMILES string of the molecule is COCCN=C(NCCc1ccco1)NC1CC2CCC(C1)N2Cc1ccccc1. The van der Waals surface area contributed by atoms with Crippen molar-refractivity contribution >= 4 is 5.96 Å². The lowest BCUT2D eigenvalue weighted by atomic mass is 9.96. The summed E-state index contributed by atoms with van der Waals surface area (Å²) in [6.45, 7) is 3.16. The number of hydrogen-bond acceptors (Lipinski definition) is 4. The highest BCUT2D eigenvalue weighted by Gasteiger charge is 2.40. The number of nitrogens with zero attached hydrogens (tertiary/aromatic N) is 2. The summed E-state index contributed by atoms with van der Waals surface area (Å²) in [7, 11) is 1.72. The molecule has 162 valence electrons. The topological polar surface area (TPSA) is 62.0 Å². The molecule has 0 spiro atoms. The van der Waals surface area contributed by atoms with Gasteiger partial charge in [-0.3, -0.25) is 9.89 Å². The number of rotatable bonds is 9. The highest BCUT2D eigenvalue weighted by atomic mass is 16.5. The van der Waals surface area contributed by atoms with Gasteiger partial charge < -0.3 is 19.8 Å². The van der Waals surface area contributed by atoms with Gasteiger partial charge in [0.15, 0.2) is 5.96 Å². The molecule has 6 nitrogen and oxygen atoms in total. The molecule has 2 atom stereocenters. The van der Waals surface area contributed by atoms with Gasteiger partial charge in [0.1, 0.15) is 5.76 Å². The highest BCUT2D eigenvalue weighted by molar-refractivity contribution is 5.80. The molecule has 4 rings (SSSR count). The van der Waals surface area contributed by atoms with Gasteiger partial charge in [0, 0.05) is 44.7 Å². The van der Waals surface area contributed by atoms with Crippen molar-refractivity contribution in [2.24, 2.45) is 4.99 Å². The second kappa shape index (κ2) is 10.6. The van der Waals surface area contributed by atoms with Crippen LogP contribution in [0.2, 0.25) is 0 Å². The van der Waals surface area contributed by atoms with E-state index in [0.29, 0.717) is 31.3 Å². The second-order valence-electron chi connectivity index (χ2n) is 8.33. The van der Waals surface area contributed by atoms with E-state index in [1.54, 1.807) is 13.4 Å². The van der Waals surface area contributed by atoms with E-state index in [-0.39, 0.29) is 0 Å². The van der Waals surface area contributed by atoms with Crippen LogP contribution in [-0.2, 0) is 17.7 Å². The predicted octanol–water partition coefficient (Wildman–Crippen LogP) is 3.20. The molecule has 0 radical (unpaired) electrons. The normalized spacial score (nSPS) is 24.2. The van der Waals surface area contributed by atoms with Crippen molar-refractivity contribution in [2.45, 2.75) is 56.8 Å². The minimum atomic E-state index is 0.465. The van der Waals surface area contributed by atoms with Gasteiger partial charge in [-0.2, -0.15) is 0 Å². The predicted molar refractivity (Wildman–Crippen MR) is 120 cm³/mol. The van der Waals surface area contributed by atoms with E-state index >= 15 is 0 Å². The molecule has 2 fully saturated rings. The van der Waals surface area contributed by atoms with Crippen LogP contribution in [0.5, 0.6) is 0 Å². The van der Waals surface area contributed by atoms with Gasteiger partial charge in [0.2, 0.25) is 0 Å². The number of guanidine groups is 1. The fourth-order valence-electron chi connectivity index (χ4n) is 4.80. The van der Waals surface area contributed by atoms with Crippen molar-refractivity contribution in [1.29, 1.82) is 0 Å². The first kappa shape index (κ1) is 20.9. The van der Waals surface area contributed by atoms with Crippen molar-refractivity contribution < 1.29 is 9.15 Å². The largest absolute Gasteiger partial charge is 0.469 e. The summed E-state index contributed by atoms with van der Waals surface area (Å²) >= 11 is 0. The zero-order chi connectivity index (χ0) is 20.6. The minimum Gasteiger partial charge on any atom is -0.469 e. The van der Waals surface area contributed by atoms with Crippen molar-refractivity contribution in [3.8, 4) is 0 Å². The van der Waals surface area contributed by atoms with Gasteiger partial charge in [-0.15, -0.1) is 0 Å². The van der Waals surface area contributed by atoms with Crippen LogP contribution >= 0.6 is 0 Å². The van der Waals surface area contributed by atoms with Crippen molar-refractivity contribution in [1.82, 2.24) is 15.5 Å². The molecule has 2 aliphatic heterocycles. The van der Waals surface area contributed by atoms with Crippen LogP contribution in [-0.4, -0.2) is 55.8 Å². The van der Waals surface area contributed by atoms with E-state index in [1.165, 1.54) is 31.2 Å². The maximum absolute atomic E-state index is 5.44. The summed E-state index contributed by atoms with van der Waals surface area (Å²) in [5.74, 6) is 1.88. The van der Waals surface area contributed by atoms with Crippen molar-refractivity contribution in [2.75, 3.05) is 26.8 Å². The number of benzene rings is 1. The lowest BCUT2D eigenvalue weighted by molar-refractivity contribution is 0.114. The molecule has 30 heavy (non-hydrogen) atoms. The molecule has 0 amide bonds. The van der Waals surface area contributed by atoms with Gasteiger partial charge in [0.05, 0.1) is 19.4 Å². The molecule has 2 aliphatic rings. The van der Waals surface area contributed by atoms with E-state index in [0.717, 1.165) is 31.2 Å². The molecule has 0 aliphatic carbocycles. The Bertz CT molecular complexity index is 764. The maximum atomic E-state index is 5.44. The van der Waals surface area contributed by atoms with Gasteiger partial charge in [-0.25, -0.2) is 0 Å². The number of aliphatic imine (C=N–C) groups is 1. The Morgan fingerprint density at radius 3 is 2.63 bits per heavy atom. The number of fused-ring (bicyclic) bond motifs is 2. The van der Waals surface area contributed by atoms with Crippen LogP contribution in [0.3, 0.4) is 0 Å². The minimum absolute atomic E-state index is 0.465. The number of ether oxygens (including phenoxy) is 1. The summed E-state index contributed by atoms with van der Waals surface area (Å²) in [6.07, 6.45) is 7.52. The Labute approximate surface area is 179 Å². The lowest BCUT2D eigenvalue weighted by Crippen LogP contribution is -2.52. The number of piperidine rings is 1. The Balaban J connectivity index is 1.31. The van der Waals surface area contributed by atoms with Crippen LogP contribution in [0.15, 0.2) is 58.1 Å². The quantitative estimate of drug-likeness (QED) is 0.378. The first-order valence-electron chi connectivity index (χ1n) is 11.2. The van der Waals surface area contributed by atoms with E-state index < -0.39 is 0 Å². The fourth-order valence-corrected chi connectivity index (χ4v) is 4.80. The summed E-state index contributed by atoms with van der Waals surface area (Å²) < 4.78 is 10.6. The molecular weight excluding hydrogens is 376 g/mol. The maximum Gasteiger partial charge on any atom is 0.191 e. The molecule has 2 unspecified atom stereocenters. The average molecular weight is 411 g/mol. The molecule has 2 saturated heterocycles. The first-order chi connectivity index (χ1) is 14.8. The number of nitrogens with one attached hydrogen (secondary N) is 2. The molecular formula is C24H34N4O2. The molecule has 0 saturated carbocycles. The Morgan fingerprint density at radius 2 is 1.93 bits per heavy atom. The van der Waals surface area contributed by atoms with Crippen LogP contribution in [0.1, 0.15) is 37.0 Å². The third-order valence-corrected chi connectivity index (χ3v) is 6.24. The van der Waals surface area contributed by atoms with Crippen molar-refractivity contribution in [3.63, 3.8) is 0 Å². The molecule has 2 bridgehead atoms. The monoisotopic (exact) mass is 410 g/mol. The third-order valence-electron chi connectivity index (χ3n) is 6.24. The molecule has 2 N–H and O–H groups in total. The van der Waals surface area contributed by atoms with E-state index in [9.17, 15) is 0 Å². The molecule has 6 heteroatoms. The van der Waals surface area contributed by atoms with Crippen LogP contribution < -0.4 is 10.6 Å². The average Bonchev–Trinajstić information content (AvgIpc) is 3.35. The van der Waals surface area contributed by atoms with Gasteiger partial charge in [0.25, 0.3) is 0 Å². The molecule has 1 aromatic carbocycles. The molecule has 2 aromatic rings. The van der Waals surface area contributed by atoms with Crippen LogP contribution in [0, 0.1) is 0 Å². The van der Waals surface area contributed by atoms with Crippen LogP contribution in [0.4, 0.5) is 0 Å². The Morgan fingerprint density at radius 1 is 1.13 bits per heavy atom. The zero-order valence-electron chi connectivity index (χ0n) is 17.9. The number of methoxy groups -OCH3 is 1. The third kappa shape index (κ3) is 5.64. The number of hydrogen-bond donors (Lipinski definition) is 2. The lowest BCUT2D eigenvalue weighted by Gasteiger charge is -2.39. The van der Waals surface area contributed by atoms with Gasteiger partial charge in [-0.05, 0) is 43.4 Å². The van der Waals surface area contributed by atoms with E-state index in [4.69, 9.17) is 14.1 Å². The first-order valence-corrected chi connectivity index (χ1v) is 11.2. The standard InChI is InChI=1S/C24H34N4O2/c1-29-15-13-26-24(25-12-11-23-8-5-14-30-23)27-20-16-21-9-10-22(17-20)28(21)18-19-6-3-2-4-7-19/h2-8,14,20-22H,9-13,15-18H2,1H3,(H2,25,26,27). The summed E-state index contributed by atoms with van der Waals surface area (Å²) in [5, 5.41) is 7.18. The fraction of sp³-hybridized carbons (Fsp3) is 0.542. The van der Waals surface area contributed by atoms with Gasteiger partial charge in [-0.1, -0.05) is 30.3 Å². The second-order valence-corrected chi connectivity index (χ2v) is 8.33. The summed E-state index contributed by atoms with van der Waals surface area (Å²) in [4.78, 5) is 7.43. The Kier molecular flexibility index (Phi) is 7.43. The smallest absolute Gasteiger partial charge is 0.191 e. The zero-order valence-corrected chi connectivity index (χ0v) is 17.9. The number of furan rings is 1. The van der Waals surface area contributed by atoms with Crippen LogP contribution in [0.25, 0.3) is 0 Å². The van der Waals surface area contributed by atoms with E-state index in [2.05, 4.69) is 45.9 Å².